The van der Waals surface area contributed by atoms with E-state index in [9.17, 15) is 9.59 Å². The summed E-state index contributed by atoms with van der Waals surface area (Å²) in [6, 6.07) is 13.8. The van der Waals surface area contributed by atoms with Crippen LogP contribution in [-0.4, -0.2) is 88.3 Å². The van der Waals surface area contributed by atoms with Crippen LogP contribution in [0.2, 0.25) is 0 Å². The molecule has 2 amide bonds. The van der Waals surface area contributed by atoms with E-state index in [4.69, 9.17) is 4.98 Å². The number of likely N-dealkylation sites (N-methyl/N-ethyl adjacent to an activating group) is 1. The second-order valence-electron chi connectivity index (χ2n) is 13.1. The van der Waals surface area contributed by atoms with Gasteiger partial charge in [0.15, 0.2) is 0 Å². The van der Waals surface area contributed by atoms with Gasteiger partial charge in [-0.1, -0.05) is 36.9 Å². The fourth-order valence-electron chi connectivity index (χ4n) is 6.63. The molecule has 9 nitrogen and oxygen atoms in total. The number of benzene rings is 1. The monoisotopic (exact) mass is 603 g/mol. The Morgan fingerprint density at radius 3 is 2.38 bits per heavy atom. The summed E-state index contributed by atoms with van der Waals surface area (Å²) in [6.07, 6.45) is 8.59. The van der Waals surface area contributed by atoms with Crippen molar-refractivity contribution in [3.63, 3.8) is 0 Å². The smallest absolute Gasteiger partial charge is 0.271 e. The minimum absolute atomic E-state index is 0.0913. The normalized spacial score (nSPS) is 16.0. The van der Waals surface area contributed by atoms with Gasteiger partial charge in [-0.25, -0.2) is 0 Å². The number of rotatable bonds is 7. The molecule has 4 aromatic rings. The maximum absolute atomic E-state index is 14.6. The first kappa shape index (κ1) is 30.4. The lowest BCUT2D eigenvalue weighted by molar-refractivity contribution is -0.124. The van der Waals surface area contributed by atoms with Gasteiger partial charge in [0.1, 0.15) is 5.69 Å². The summed E-state index contributed by atoms with van der Waals surface area (Å²) in [5.41, 5.74) is 5.01. The summed E-state index contributed by atoms with van der Waals surface area (Å²) in [7, 11) is 7.56. The van der Waals surface area contributed by atoms with E-state index in [0.29, 0.717) is 25.1 Å². The molecule has 232 valence electrons. The highest BCUT2D eigenvalue weighted by Gasteiger charge is 2.52. The molecule has 6 rings (SSSR count). The Balaban J connectivity index is 1.36. The van der Waals surface area contributed by atoms with Crippen molar-refractivity contribution in [2.75, 3.05) is 46.2 Å². The van der Waals surface area contributed by atoms with Crippen LogP contribution in [0.15, 0.2) is 79.5 Å². The average molecular weight is 604 g/mol. The molecule has 0 saturated carbocycles. The van der Waals surface area contributed by atoms with Crippen molar-refractivity contribution in [1.29, 1.82) is 0 Å². The van der Waals surface area contributed by atoms with Gasteiger partial charge in [0.25, 0.3) is 5.91 Å². The molecule has 0 aliphatic carbocycles. The molecule has 1 fully saturated rings. The first-order valence-corrected chi connectivity index (χ1v) is 15.4. The third kappa shape index (κ3) is 5.05. The summed E-state index contributed by atoms with van der Waals surface area (Å²) >= 11 is 0. The third-order valence-electron chi connectivity index (χ3n) is 9.95. The Kier molecular flexibility index (Phi) is 7.69. The number of anilines is 1. The van der Waals surface area contributed by atoms with Crippen LogP contribution in [0.1, 0.15) is 48.4 Å². The van der Waals surface area contributed by atoms with Crippen LogP contribution in [0.25, 0.3) is 21.9 Å². The molecule has 3 aromatic heterocycles. The SMILES string of the molecule is C=C(N1CCC2(CC1)C(=O)N(Cc1ncc3ccccc3c1-c1ccc(C(=O)N(C)C)nc1)c1cnccc12)C(C)(C)N(C)C. The minimum atomic E-state index is -0.621. The first-order chi connectivity index (χ1) is 21.5. The Bertz CT molecular complexity index is 1790. The highest BCUT2D eigenvalue weighted by atomic mass is 16.2. The molecule has 0 atom stereocenters. The Hall–Kier alpha value is -4.63. The summed E-state index contributed by atoms with van der Waals surface area (Å²) < 4.78 is 0. The van der Waals surface area contributed by atoms with Gasteiger partial charge in [-0.15, -0.1) is 0 Å². The molecule has 0 unspecified atom stereocenters. The molecule has 5 heterocycles. The second kappa shape index (κ2) is 11.4. The van der Waals surface area contributed by atoms with Crippen LogP contribution in [0.4, 0.5) is 5.69 Å². The van der Waals surface area contributed by atoms with E-state index in [2.05, 4.69) is 60.4 Å². The standard InChI is InChI=1S/C36H41N7O2/c1-24(35(2,3)41(6)7)42-18-15-36(16-19-42)28-14-17-37-22-31(28)43(34(36)45)23-30-32(27-11-9-8-10-25(27)20-39-30)26-12-13-29(38-21-26)33(44)40(4)5/h8-14,17,20-22H,1,15-16,18-19,23H2,2-7H3. The van der Waals surface area contributed by atoms with Gasteiger partial charge in [-0.3, -0.25) is 29.4 Å². The quantitative estimate of drug-likeness (QED) is 0.290. The molecule has 1 aromatic carbocycles. The number of carbonyl (C=O) groups excluding carboxylic acids is 2. The van der Waals surface area contributed by atoms with Crippen molar-refractivity contribution in [2.24, 2.45) is 0 Å². The lowest BCUT2D eigenvalue weighted by atomic mass is 9.73. The number of likely N-dealkylation sites (tertiary alicyclic amines) is 1. The fourth-order valence-corrected chi connectivity index (χ4v) is 6.63. The van der Waals surface area contributed by atoms with Crippen LogP contribution in [0, 0.1) is 0 Å². The maximum atomic E-state index is 14.6. The van der Waals surface area contributed by atoms with Gasteiger partial charge in [0, 0.05) is 68.0 Å². The lowest BCUT2D eigenvalue weighted by Crippen LogP contribution is -2.52. The Labute approximate surface area is 265 Å². The molecule has 1 saturated heterocycles. The maximum Gasteiger partial charge on any atom is 0.271 e. The van der Waals surface area contributed by atoms with E-state index in [0.717, 1.165) is 57.6 Å². The van der Waals surface area contributed by atoms with Crippen LogP contribution < -0.4 is 4.90 Å². The van der Waals surface area contributed by atoms with Gasteiger partial charge in [-0.05, 0) is 63.9 Å². The van der Waals surface area contributed by atoms with Crippen LogP contribution >= 0.6 is 0 Å². The van der Waals surface area contributed by atoms with E-state index in [1.165, 1.54) is 4.90 Å². The fraction of sp³-hybridized carbons (Fsp3) is 0.361. The zero-order valence-corrected chi connectivity index (χ0v) is 27.0. The van der Waals surface area contributed by atoms with Crippen molar-refractivity contribution in [3.8, 4) is 11.1 Å². The molecule has 0 radical (unpaired) electrons. The molecule has 9 heteroatoms. The molecule has 2 aliphatic heterocycles. The second-order valence-corrected chi connectivity index (χ2v) is 13.1. The molecule has 0 N–H and O–H groups in total. The topological polar surface area (TPSA) is 85.8 Å². The van der Waals surface area contributed by atoms with Crippen LogP contribution in [0.5, 0.6) is 0 Å². The van der Waals surface area contributed by atoms with E-state index < -0.39 is 5.41 Å². The minimum Gasteiger partial charge on any atom is -0.374 e. The van der Waals surface area contributed by atoms with Crippen molar-refractivity contribution in [1.82, 2.24) is 29.7 Å². The lowest BCUT2D eigenvalue weighted by Gasteiger charge is -2.46. The summed E-state index contributed by atoms with van der Waals surface area (Å²) in [6.45, 7) is 10.6. The third-order valence-corrected chi connectivity index (χ3v) is 9.95. The molecule has 1 spiro atoms. The number of aromatic nitrogens is 3. The summed E-state index contributed by atoms with van der Waals surface area (Å²) in [5.74, 6) is -0.0663. The van der Waals surface area contributed by atoms with Gasteiger partial charge in [0.2, 0.25) is 5.91 Å². The molecule has 0 bridgehead atoms. The Morgan fingerprint density at radius 1 is 0.978 bits per heavy atom. The number of pyridine rings is 3. The Morgan fingerprint density at radius 2 is 1.71 bits per heavy atom. The van der Waals surface area contributed by atoms with Gasteiger partial charge in [0.05, 0.1) is 35.1 Å². The number of hydrogen-bond donors (Lipinski definition) is 0. The van der Waals surface area contributed by atoms with Gasteiger partial charge >= 0.3 is 0 Å². The summed E-state index contributed by atoms with van der Waals surface area (Å²) in [5, 5.41) is 2.00. The van der Waals surface area contributed by atoms with E-state index in [1.54, 1.807) is 32.6 Å². The number of piperidine rings is 1. The van der Waals surface area contributed by atoms with Crippen molar-refractivity contribution in [2.45, 2.75) is 44.2 Å². The van der Waals surface area contributed by atoms with Crippen LogP contribution in [0.3, 0.4) is 0 Å². The number of amides is 2. The van der Waals surface area contributed by atoms with Gasteiger partial charge < -0.3 is 14.7 Å². The molecular weight excluding hydrogens is 562 g/mol. The number of carbonyl (C=O) groups is 2. The van der Waals surface area contributed by atoms with Crippen molar-refractivity contribution < 1.29 is 9.59 Å². The molecule has 45 heavy (non-hydrogen) atoms. The van der Waals surface area contributed by atoms with Crippen LogP contribution in [-0.2, 0) is 16.8 Å². The number of fused-ring (bicyclic) bond motifs is 3. The molecular formula is C36H41N7O2. The molecule has 2 aliphatic rings. The zero-order chi connectivity index (χ0) is 32.1. The summed E-state index contributed by atoms with van der Waals surface area (Å²) in [4.78, 5) is 48.9. The predicted molar refractivity (Wildman–Crippen MR) is 178 cm³/mol. The van der Waals surface area contributed by atoms with Crippen molar-refractivity contribution >= 4 is 28.3 Å². The largest absolute Gasteiger partial charge is 0.374 e. The highest BCUT2D eigenvalue weighted by molar-refractivity contribution is 6.08. The van der Waals surface area contributed by atoms with Gasteiger partial charge in [-0.2, -0.15) is 0 Å². The number of hydrogen-bond acceptors (Lipinski definition) is 7. The van der Waals surface area contributed by atoms with Crippen molar-refractivity contribution in [3.05, 3.63) is 96.5 Å². The predicted octanol–water partition coefficient (Wildman–Crippen LogP) is 5.13. The average Bonchev–Trinajstić information content (AvgIpc) is 3.27. The van der Waals surface area contributed by atoms with E-state index >= 15 is 0 Å². The van der Waals surface area contributed by atoms with E-state index in [1.807, 2.05) is 47.6 Å². The first-order valence-electron chi connectivity index (χ1n) is 15.4. The highest BCUT2D eigenvalue weighted by Crippen LogP contribution is 2.49. The zero-order valence-electron chi connectivity index (χ0n) is 27.0. The van der Waals surface area contributed by atoms with E-state index in [-0.39, 0.29) is 17.4 Å². The number of nitrogens with zero attached hydrogens (tertiary/aromatic N) is 7.